The lowest BCUT2D eigenvalue weighted by Crippen LogP contribution is -2.56. The summed E-state index contributed by atoms with van der Waals surface area (Å²) in [6.45, 7) is 14.7. The van der Waals surface area contributed by atoms with Crippen LogP contribution in [-0.4, -0.2) is 61.3 Å². The molecular formula is C23H42N2O4. The molecule has 1 aliphatic carbocycles. The van der Waals surface area contributed by atoms with Gasteiger partial charge in [-0.2, -0.15) is 0 Å². The molecule has 0 radical (unpaired) electrons. The Morgan fingerprint density at radius 2 is 1.72 bits per heavy atom. The molecule has 2 bridgehead atoms. The molecule has 0 aromatic heterocycles. The quantitative estimate of drug-likeness (QED) is 0.727. The van der Waals surface area contributed by atoms with Crippen LogP contribution >= 0.6 is 0 Å². The van der Waals surface area contributed by atoms with Crippen molar-refractivity contribution in [2.75, 3.05) is 26.3 Å². The molecule has 4 rings (SSSR count). The standard InChI is InChI=1S/C21H36N2O4.C2H6/c1-15(26-13-21-7-5-17(6-8-21)27-14-21)18(22-16(2)24)19(25)23-11-9-20(3,4)10-12-23;1-2/h15,17-18H,5-14H2,1-4H3,(H,22,24);1-2H3. The lowest BCUT2D eigenvalue weighted by atomic mass is 9.72. The minimum atomic E-state index is -0.624. The fourth-order valence-corrected chi connectivity index (χ4v) is 4.53. The maximum absolute atomic E-state index is 13.1. The number of hydrogen-bond acceptors (Lipinski definition) is 4. The van der Waals surface area contributed by atoms with E-state index in [1.807, 2.05) is 25.7 Å². The van der Waals surface area contributed by atoms with Crippen LogP contribution in [0.15, 0.2) is 0 Å². The van der Waals surface area contributed by atoms with Gasteiger partial charge in [0.25, 0.3) is 0 Å². The predicted octanol–water partition coefficient (Wildman–Crippen LogP) is 3.53. The van der Waals surface area contributed by atoms with Gasteiger partial charge in [-0.05, 0) is 50.9 Å². The number of carbonyl (C=O) groups excluding carboxylic acids is 2. The number of ether oxygens (including phenoxy) is 2. The van der Waals surface area contributed by atoms with Crippen molar-refractivity contribution in [1.82, 2.24) is 10.2 Å². The SMILES string of the molecule is CC.CC(=O)NC(C(=O)N1CCC(C)(C)CC1)C(C)OCC12CCC(CC1)OC2. The summed E-state index contributed by atoms with van der Waals surface area (Å²) in [5.41, 5.74) is 0.364. The third-order valence-corrected chi connectivity index (χ3v) is 6.79. The number of amides is 2. The van der Waals surface area contributed by atoms with E-state index < -0.39 is 6.04 Å². The van der Waals surface area contributed by atoms with Gasteiger partial charge in [-0.1, -0.05) is 27.7 Å². The highest BCUT2D eigenvalue weighted by Crippen LogP contribution is 2.43. The number of likely N-dealkylation sites (tertiary alicyclic amines) is 1. The Balaban J connectivity index is 0.00000145. The molecule has 1 N–H and O–H groups in total. The zero-order chi connectivity index (χ0) is 21.7. The van der Waals surface area contributed by atoms with Crippen LogP contribution in [0.25, 0.3) is 0 Å². The maximum Gasteiger partial charge on any atom is 0.247 e. The van der Waals surface area contributed by atoms with E-state index in [9.17, 15) is 9.59 Å². The fourth-order valence-electron chi connectivity index (χ4n) is 4.53. The fraction of sp³-hybridized carbons (Fsp3) is 0.913. The van der Waals surface area contributed by atoms with E-state index in [1.54, 1.807) is 0 Å². The Morgan fingerprint density at radius 1 is 1.14 bits per heavy atom. The molecule has 6 nitrogen and oxygen atoms in total. The van der Waals surface area contributed by atoms with Crippen LogP contribution < -0.4 is 5.32 Å². The highest BCUT2D eigenvalue weighted by Gasteiger charge is 2.43. The molecule has 2 atom stereocenters. The summed E-state index contributed by atoms with van der Waals surface area (Å²) >= 11 is 0. The molecule has 2 unspecified atom stereocenters. The summed E-state index contributed by atoms with van der Waals surface area (Å²) in [4.78, 5) is 26.7. The second kappa shape index (κ2) is 10.3. The first-order valence-electron chi connectivity index (χ1n) is 11.5. The molecule has 3 saturated heterocycles. The van der Waals surface area contributed by atoms with Gasteiger partial charge < -0.3 is 19.7 Å². The van der Waals surface area contributed by atoms with Gasteiger partial charge >= 0.3 is 0 Å². The highest BCUT2D eigenvalue weighted by atomic mass is 16.5. The van der Waals surface area contributed by atoms with Crippen molar-refractivity contribution in [3.8, 4) is 0 Å². The molecule has 29 heavy (non-hydrogen) atoms. The molecule has 168 valence electrons. The first-order valence-corrected chi connectivity index (χ1v) is 11.5. The summed E-state index contributed by atoms with van der Waals surface area (Å²) in [6, 6.07) is -0.624. The molecule has 4 fully saturated rings. The predicted molar refractivity (Wildman–Crippen MR) is 115 cm³/mol. The molecule has 3 aliphatic heterocycles. The number of fused-ring (bicyclic) bond motifs is 3. The Kier molecular flexibility index (Phi) is 8.53. The van der Waals surface area contributed by atoms with E-state index in [-0.39, 0.29) is 28.7 Å². The smallest absolute Gasteiger partial charge is 0.247 e. The number of rotatable bonds is 6. The van der Waals surface area contributed by atoms with Crippen LogP contribution in [0.1, 0.15) is 80.1 Å². The van der Waals surface area contributed by atoms with Gasteiger partial charge in [0.2, 0.25) is 11.8 Å². The van der Waals surface area contributed by atoms with Crippen molar-refractivity contribution in [1.29, 1.82) is 0 Å². The van der Waals surface area contributed by atoms with Crippen molar-refractivity contribution in [3.05, 3.63) is 0 Å². The Bertz CT molecular complexity index is 531. The first-order chi connectivity index (χ1) is 13.7. The molecule has 0 spiro atoms. The van der Waals surface area contributed by atoms with Crippen molar-refractivity contribution < 1.29 is 19.1 Å². The highest BCUT2D eigenvalue weighted by molar-refractivity contribution is 5.87. The lowest BCUT2D eigenvalue weighted by Gasteiger charge is -2.46. The normalized spacial score (nSPS) is 30.0. The Hall–Kier alpha value is -1.14. The van der Waals surface area contributed by atoms with Crippen molar-refractivity contribution in [3.63, 3.8) is 0 Å². The van der Waals surface area contributed by atoms with Gasteiger partial charge in [-0.25, -0.2) is 0 Å². The third kappa shape index (κ3) is 6.42. The van der Waals surface area contributed by atoms with Gasteiger partial charge in [0, 0.05) is 25.4 Å². The monoisotopic (exact) mass is 410 g/mol. The van der Waals surface area contributed by atoms with Crippen LogP contribution in [0.5, 0.6) is 0 Å². The van der Waals surface area contributed by atoms with Gasteiger partial charge in [-0.3, -0.25) is 9.59 Å². The van der Waals surface area contributed by atoms with Crippen LogP contribution in [0.2, 0.25) is 0 Å². The zero-order valence-electron chi connectivity index (χ0n) is 19.4. The average molecular weight is 411 g/mol. The molecule has 6 heteroatoms. The minimum absolute atomic E-state index is 0.0192. The number of piperidine rings is 1. The minimum Gasteiger partial charge on any atom is -0.378 e. The Morgan fingerprint density at radius 3 is 2.21 bits per heavy atom. The van der Waals surface area contributed by atoms with Crippen molar-refractivity contribution in [2.45, 2.75) is 98.3 Å². The summed E-state index contributed by atoms with van der Waals surface area (Å²) in [5.74, 6) is -0.213. The van der Waals surface area contributed by atoms with Gasteiger partial charge in [0.1, 0.15) is 6.04 Å². The van der Waals surface area contributed by atoms with E-state index in [0.29, 0.717) is 12.7 Å². The molecule has 3 heterocycles. The van der Waals surface area contributed by atoms with Crippen LogP contribution in [-0.2, 0) is 19.1 Å². The van der Waals surface area contributed by atoms with Crippen molar-refractivity contribution >= 4 is 11.8 Å². The summed E-state index contributed by atoms with van der Waals surface area (Å²) in [5, 5.41) is 2.84. The topological polar surface area (TPSA) is 67.9 Å². The van der Waals surface area contributed by atoms with Crippen LogP contribution in [0, 0.1) is 10.8 Å². The second-order valence-electron chi connectivity index (χ2n) is 9.69. The summed E-state index contributed by atoms with van der Waals surface area (Å²) < 4.78 is 12.0. The zero-order valence-corrected chi connectivity index (χ0v) is 19.4. The van der Waals surface area contributed by atoms with Gasteiger partial charge in [-0.15, -0.1) is 0 Å². The molecule has 0 aromatic rings. The Labute approximate surface area is 177 Å². The largest absolute Gasteiger partial charge is 0.378 e. The van der Waals surface area contributed by atoms with Crippen molar-refractivity contribution in [2.24, 2.45) is 10.8 Å². The molecule has 1 saturated carbocycles. The third-order valence-electron chi connectivity index (χ3n) is 6.79. The molecule has 2 amide bonds. The number of nitrogens with one attached hydrogen (secondary N) is 1. The van der Waals surface area contributed by atoms with Crippen LogP contribution in [0.4, 0.5) is 0 Å². The second-order valence-corrected chi connectivity index (χ2v) is 9.69. The molecular weight excluding hydrogens is 368 g/mol. The summed E-state index contributed by atoms with van der Waals surface area (Å²) in [7, 11) is 0. The van der Waals surface area contributed by atoms with Gasteiger partial charge in [0.05, 0.1) is 25.4 Å². The number of carbonyl (C=O) groups is 2. The maximum atomic E-state index is 13.1. The van der Waals surface area contributed by atoms with Gasteiger partial charge in [0.15, 0.2) is 0 Å². The number of nitrogens with zero attached hydrogens (tertiary/aromatic N) is 1. The number of hydrogen-bond donors (Lipinski definition) is 1. The van der Waals surface area contributed by atoms with E-state index in [2.05, 4.69) is 19.2 Å². The van der Waals surface area contributed by atoms with E-state index in [0.717, 1.165) is 58.2 Å². The first kappa shape index (κ1) is 24.1. The van der Waals surface area contributed by atoms with E-state index in [1.165, 1.54) is 6.92 Å². The lowest BCUT2D eigenvalue weighted by molar-refractivity contribution is -0.158. The molecule has 4 aliphatic rings. The van der Waals surface area contributed by atoms with Crippen LogP contribution in [0.3, 0.4) is 0 Å². The van der Waals surface area contributed by atoms with E-state index in [4.69, 9.17) is 9.47 Å². The molecule has 0 aromatic carbocycles. The average Bonchev–Trinajstić information content (AvgIpc) is 2.72. The van der Waals surface area contributed by atoms with E-state index >= 15 is 0 Å². The summed E-state index contributed by atoms with van der Waals surface area (Å²) in [6.07, 6.45) is 6.52.